The number of nitrogens with zero attached hydrogens (tertiary/aromatic N) is 2. The number of morpholine rings is 1. The van der Waals surface area contributed by atoms with E-state index in [-0.39, 0.29) is 30.5 Å². The molecular formula is C11H16N4O4S. The van der Waals surface area contributed by atoms with Gasteiger partial charge in [-0.25, -0.2) is 13.4 Å². The zero-order chi connectivity index (χ0) is 14.8. The van der Waals surface area contributed by atoms with Gasteiger partial charge in [-0.1, -0.05) is 0 Å². The van der Waals surface area contributed by atoms with Crippen LogP contribution in [0.15, 0.2) is 23.2 Å². The Morgan fingerprint density at radius 3 is 2.90 bits per heavy atom. The lowest BCUT2D eigenvalue weighted by molar-refractivity contribution is -0.128. The van der Waals surface area contributed by atoms with E-state index in [4.69, 9.17) is 10.5 Å². The van der Waals surface area contributed by atoms with Crippen molar-refractivity contribution in [1.29, 1.82) is 0 Å². The molecule has 1 amide bonds. The third-order valence-electron chi connectivity index (χ3n) is 2.99. The Labute approximate surface area is 117 Å². The van der Waals surface area contributed by atoms with E-state index in [1.807, 2.05) is 0 Å². The molecule has 0 aliphatic carbocycles. The number of anilines is 1. The summed E-state index contributed by atoms with van der Waals surface area (Å²) in [5, 5.41) is 2.44. The van der Waals surface area contributed by atoms with Crippen molar-refractivity contribution in [2.45, 2.75) is 10.9 Å². The van der Waals surface area contributed by atoms with Gasteiger partial charge in [-0.3, -0.25) is 4.79 Å². The summed E-state index contributed by atoms with van der Waals surface area (Å²) in [5.74, 6) is -0.176. The Bertz CT molecular complexity index is 587. The van der Waals surface area contributed by atoms with Crippen molar-refractivity contribution in [3.63, 3.8) is 0 Å². The maximum atomic E-state index is 12.5. The van der Waals surface area contributed by atoms with Gasteiger partial charge >= 0.3 is 0 Å². The highest BCUT2D eigenvalue weighted by molar-refractivity contribution is 7.89. The molecule has 1 fully saturated rings. The molecule has 2 rings (SSSR count). The van der Waals surface area contributed by atoms with Crippen LogP contribution in [0, 0.1) is 0 Å². The van der Waals surface area contributed by atoms with Crippen LogP contribution in [0.4, 0.5) is 5.82 Å². The Kier molecular flexibility index (Phi) is 4.21. The van der Waals surface area contributed by atoms with Crippen molar-refractivity contribution >= 4 is 21.7 Å². The summed E-state index contributed by atoms with van der Waals surface area (Å²) in [4.78, 5) is 15.5. The minimum Gasteiger partial charge on any atom is -0.384 e. The van der Waals surface area contributed by atoms with E-state index in [2.05, 4.69) is 10.3 Å². The van der Waals surface area contributed by atoms with E-state index in [9.17, 15) is 13.2 Å². The minimum absolute atomic E-state index is 0.00232. The Balaban J connectivity index is 2.35. The molecule has 0 aromatic carbocycles. The van der Waals surface area contributed by atoms with Gasteiger partial charge in [0.15, 0.2) is 0 Å². The molecule has 110 valence electrons. The molecule has 3 N–H and O–H groups in total. The number of amides is 1. The van der Waals surface area contributed by atoms with Crippen molar-refractivity contribution in [3.8, 4) is 0 Å². The molecule has 1 atom stereocenters. The van der Waals surface area contributed by atoms with Gasteiger partial charge in [-0.15, -0.1) is 0 Å². The van der Waals surface area contributed by atoms with Crippen LogP contribution in [0.3, 0.4) is 0 Å². The number of hydrogen-bond donors (Lipinski definition) is 2. The van der Waals surface area contributed by atoms with Crippen molar-refractivity contribution < 1.29 is 17.9 Å². The lowest BCUT2D eigenvalue weighted by atomic mass is 10.2. The first-order chi connectivity index (χ1) is 9.46. The van der Waals surface area contributed by atoms with E-state index in [0.29, 0.717) is 0 Å². The number of aromatic nitrogens is 1. The van der Waals surface area contributed by atoms with Crippen LogP contribution < -0.4 is 11.1 Å². The summed E-state index contributed by atoms with van der Waals surface area (Å²) in [6.45, 7) is 0.390. The predicted molar refractivity (Wildman–Crippen MR) is 71.2 cm³/mol. The number of carbonyl (C=O) groups excluding carboxylic acids is 1. The van der Waals surface area contributed by atoms with Gasteiger partial charge in [0.1, 0.15) is 16.8 Å². The molecule has 1 aliphatic rings. The Morgan fingerprint density at radius 1 is 1.55 bits per heavy atom. The molecule has 1 aliphatic heterocycles. The van der Waals surface area contributed by atoms with Gasteiger partial charge in [0, 0.05) is 19.8 Å². The topological polar surface area (TPSA) is 115 Å². The zero-order valence-corrected chi connectivity index (χ0v) is 11.8. The van der Waals surface area contributed by atoms with Crippen molar-refractivity contribution in [3.05, 3.63) is 18.3 Å². The molecule has 0 radical (unpaired) electrons. The average molecular weight is 300 g/mol. The quantitative estimate of drug-likeness (QED) is 0.724. The molecule has 2 heterocycles. The molecule has 20 heavy (non-hydrogen) atoms. The molecule has 8 nitrogen and oxygen atoms in total. The number of hydrogen-bond acceptors (Lipinski definition) is 6. The zero-order valence-electron chi connectivity index (χ0n) is 10.9. The number of carbonyl (C=O) groups is 1. The third-order valence-corrected chi connectivity index (χ3v) is 4.89. The largest absolute Gasteiger partial charge is 0.384 e. The summed E-state index contributed by atoms with van der Waals surface area (Å²) in [6.07, 6.45) is 1.18. The van der Waals surface area contributed by atoms with Crippen molar-refractivity contribution in [2.75, 3.05) is 32.5 Å². The summed E-state index contributed by atoms with van der Waals surface area (Å²) in [6, 6.07) is 1.90. The highest BCUT2D eigenvalue weighted by atomic mass is 32.2. The van der Waals surface area contributed by atoms with Crippen LogP contribution in [0.2, 0.25) is 0 Å². The first-order valence-corrected chi connectivity index (χ1v) is 7.43. The molecule has 0 bridgehead atoms. The van der Waals surface area contributed by atoms with Gasteiger partial charge in [0.2, 0.25) is 15.9 Å². The minimum atomic E-state index is -3.81. The second-order valence-electron chi connectivity index (χ2n) is 4.24. The van der Waals surface area contributed by atoms with Crippen molar-refractivity contribution in [1.82, 2.24) is 14.6 Å². The van der Waals surface area contributed by atoms with Crippen LogP contribution >= 0.6 is 0 Å². The van der Waals surface area contributed by atoms with Crippen LogP contribution in [0.25, 0.3) is 0 Å². The number of nitrogens with two attached hydrogens (primary N) is 1. The lowest BCUT2D eigenvalue weighted by Gasteiger charge is -2.33. The van der Waals surface area contributed by atoms with E-state index in [0.717, 1.165) is 4.31 Å². The predicted octanol–water partition coefficient (Wildman–Crippen LogP) is -1.20. The summed E-state index contributed by atoms with van der Waals surface area (Å²) in [7, 11) is -2.36. The Hall–Kier alpha value is -1.71. The van der Waals surface area contributed by atoms with Crippen molar-refractivity contribution in [2.24, 2.45) is 0 Å². The first kappa shape index (κ1) is 14.7. The number of pyridine rings is 1. The fraction of sp³-hybridized carbons (Fsp3) is 0.455. The molecular weight excluding hydrogens is 284 g/mol. The number of nitrogen functional groups attached to an aromatic ring is 1. The number of sulfonamides is 1. The van der Waals surface area contributed by atoms with Gasteiger partial charge in [-0.2, -0.15) is 4.31 Å². The third kappa shape index (κ3) is 2.74. The molecule has 1 saturated heterocycles. The molecule has 1 unspecified atom stereocenters. The maximum absolute atomic E-state index is 12.5. The molecule has 1 aromatic rings. The molecule has 0 spiro atoms. The highest BCUT2D eigenvalue weighted by Gasteiger charge is 2.38. The van der Waals surface area contributed by atoms with Gasteiger partial charge < -0.3 is 15.8 Å². The summed E-state index contributed by atoms with van der Waals surface area (Å²) >= 11 is 0. The van der Waals surface area contributed by atoms with E-state index >= 15 is 0 Å². The second kappa shape index (κ2) is 5.73. The number of rotatable bonds is 3. The molecule has 0 saturated carbocycles. The highest BCUT2D eigenvalue weighted by Crippen LogP contribution is 2.20. The van der Waals surface area contributed by atoms with E-state index in [1.165, 1.54) is 25.4 Å². The number of nitrogens with one attached hydrogen (secondary N) is 1. The standard InChI is InChI=1S/C11H16N4O4S/c1-13-11(16)9-7-19-5-4-15(9)20(17,18)8-2-3-10(12)14-6-8/h2-3,6,9H,4-5,7H2,1H3,(H2,12,14)(H,13,16). The molecule has 9 heteroatoms. The van der Waals surface area contributed by atoms with Crippen LogP contribution in [-0.4, -0.2) is 56.5 Å². The normalized spacial score (nSPS) is 20.6. The average Bonchev–Trinajstić information content (AvgIpc) is 2.47. The SMILES string of the molecule is CNC(=O)C1COCCN1S(=O)(=O)c1ccc(N)nc1. The number of ether oxygens (including phenoxy) is 1. The van der Waals surface area contributed by atoms with Crippen LogP contribution in [0.1, 0.15) is 0 Å². The second-order valence-corrected chi connectivity index (χ2v) is 6.13. The van der Waals surface area contributed by atoms with Crippen LogP contribution in [-0.2, 0) is 19.6 Å². The summed E-state index contributed by atoms with van der Waals surface area (Å²) in [5.41, 5.74) is 5.44. The Morgan fingerprint density at radius 2 is 2.30 bits per heavy atom. The first-order valence-electron chi connectivity index (χ1n) is 5.99. The fourth-order valence-electron chi connectivity index (χ4n) is 1.93. The molecule has 1 aromatic heterocycles. The van der Waals surface area contributed by atoms with E-state index in [1.54, 1.807) is 0 Å². The summed E-state index contributed by atoms with van der Waals surface area (Å²) < 4.78 is 31.4. The monoisotopic (exact) mass is 300 g/mol. The van der Waals surface area contributed by atoms with Crippen LogP contribution in [0.5, 0.6) is 0 Å². The lowest BCUT2D eigenvalue weighted by Crippen LogP contribution is -2.55. The maximum Gasteiger partial charge on any atom is 0.245 e. The van der Waals surface area contributed by atoms with Gasteiger partial charge in [-0.05, 0) is 12.1 Å². The number of likely N-dealkylation sites (N-methyl/N-ethyl adjacent to an activating group) is 1. The smallest absolute Gasteiger partial charge is 0.245 e. The van der Waals surface area contributed by atoms with Gasteiger partial charge in [0.25, 0.3) is 0 Å². The van der Waals surface area contributed by atoms with Gasteiger partial charge in [0.05, 0.1) is 13.2 Å². The van der Waals surface area contributed by atoms with E-state index < -0.39 is 22.0 Å². The fourth-order valence-corrected chi connectivity index (χ4v) is 3.43.